The first-order chi connectivity index (χ1) is 4.33. The van der Waals surface area contributed by atoms with Crippen LogP contribution in [0.4, 0.5) is 0 Å². The predicted molar refractivity (Wildman–Crippen MR) is 36.1 cm³/mol. The van der Waals surface area contributed by atoms with Gasteiger partial charge in [0.15, 0.2) is 0 Å². The van der Waals surface area contributed by atoms with Crippen molar-refractivity contribution in [1.29, 1.82) is 0 Å². The van der Waals surface area contributed by atoms with E-state index in [1.165, 1.54) is 11.8 Å². The van der Waals surface area contributed by atoms with Crippen molar-refractivity contribution in [3.05, 3.63) is 0 Å². The third-order valence-corrected chi connectivity index (χ3v) is 2.18. The maximum Gasteiger partial charge on any atom is 0.209 e. The van der Waals surface area contributed by atoms with Gasteiger partial charge >= 0.3 is 0 Å². The van der Waals surface area contributed by atoms with Gasteiger partial charge in [-0.15, -0.1) is 11.8 Å². The van der Waals surface area contributed by atoms with Crippen molar-refractivity contribution in [2.75, 3.05) is 18.8 Å². The van der Waals surface area contributed by atoms with Gasteiger partial charge in [-0.1, -0.05) is 0 Å². The molecule has 0 saturated carbocycles. The van der Waals surface area contributed by atoms with Crippen LogP contribution in [0.15, 0.2) is 0 Å². The van der Waals surface area contributed by atoms with Gasteiger partial charge in [-0.25, -0.2) is 0 Å². The van der Waals surface area contributed by atoms with E-state index in [-0.39, 0.29) is 5.44 Å². The molecule has 1 aliphatic rings. The van der Waals surface area contributed by atoms with Gasteiger partial charge in [-0.2, -0.15) is 0 Å². The Morgan fingerprint density at radius 2 is 2.56 bits per heavy atom. The summed E-state index contributed by atoms with van der Waals surface area (Å²) in [5, 5.41) is 8.97. The molecule has 52 valence electrons. The molecule has 0 aromatic rings. The van der Waals surface area contributed by atoms with E-state index in [1.807, 2.05) is 0 Å². The summed E-state index contributed by atoms with van der Waals surface area (Å²) in [4.78, 5) is 11.7. The topological polar surface area (TPSA) is 40.5 Å². The van der Waals surface area contributed by atoms with Gasteiger partial charge in [-0.3, -0.25) is 4.79 Å². The fraction of sp³-hybridized carbons (Fsp3) is 0.800. The van der Waals surface area contributed by atoms with Crippen LogP contribution in [0.25, 0.3) is 0 Å². The lowest BCUT2D eigenvalue weighted by molar-refractivity contribution is -0.118. The van der Waals surface area contributed by atoms with E-state index in [0.717, 1.165) is 18.7 Å². The van der Waals surface area contributed by atoms with Crippen LogP contribution < -0.4 is 0 Å². The molecule has 1 atom stereocenters. The Hall–Kier alpha value is -0.220. The maximum absolute atomic E-state index is 10.1. The van der Waals surface area contributed by atoms with Gasteiger partial charge in [0.1, 0.15) is 5.44 Å². The lowest BCUT2D eigenvalue weighted by Gasteiger charge is -2.25. The number of carbonyl (C=O) groups excluding carboxylic acids is 1. The molecule has 1 aliphatic heterocycles. The molecule has 1 amide bonds. The smallest absolute Gasteiger partial charge is 0.209 e. The van der Waals surface area contributed by atoms with E-state index < -0.39 is 0 Å². The number of hydrogen-bond acceptors (Lipinski definition) is 3. The van der Waals surface area contributed by atoms with Gasteiger partial charge in [-0.05, 0) is 0 Å². The quantitative estimate of drug-likeness (QED) is 0.509. The highest BCUT2D eigenvalue weighted by Gasteiger charge is 2.15. The number of thioether (sulfide) groups is 1. The zero-order valence-electron chi connectivity index (χ0n) is 4.99. The second-order valence-electron chi connectivity index (χ2n) is 1.93. The molecular formula is C5H9NO2S. The van der Waals surface area contributed by atoms with E-state index in [4.69, 9.17) is 5.11 Å². The Morgan fingerprint density at radius 1 is 1.78 bits per heavy atom. The summed E-state index contributed by atoms with van der Waals surface area (Å²) in [6.07, 6.45) is 0.781. The van der Waals surface area contributed by atoms with Crippen LogP contribution >= 0.6 is 11.8 Å². The molecule has 1 saturated heterocycles. The number of carbonyl (C=O) groups is 1. The molecule has 1 heterocycles. The first-order valence-electron chi connectivity index (χ1n) is 2.82. The Bertz CT molecular complexity index is 109. The van der Waals surface area contributed by atoms with Crippen LogP contribution in [0, 0.1) is 0 Å². The minimum Gasteiger partial charge on any atom is -0.381 e. The molecule has 0 aliphatic carbocycles. The molecule has 1 unspecified atom stereocenters. The lowest BCUT2D eigenvalue weighted by Crippen LogP contribution is -2.36. The summed E-state index contributed by atoms with van der Waals surface area (Å²) < 4.78 is 0. The van der Waals surface area contributed by atoms with Crippen LogP contribution in [0.2, 0.25) is 0 Å². The van der Waals surface area contributed by atoms with E-state index in [1.54, 1.807) is 4.90 Å². The Balaban J connectivity index is 2.31. The monoisotopic (exact) mass is 147 g/mol. The van der Waals surface area contributed by atoms with Crippen molar-refractivity contribution in [3.63, 3.8) is 0 Å². The molecule has 0 bridgehead atoms. The molecule has 0 radical (unpaired) electrons. The summed E-state index contributed by atoms with van der Waals surface area (Å²) in [6.45, 7) is 1.25. The van der Waals surface area contributed by atoms with E-state index in [2.05, 4.69) is 0 Å². The standard InChI is InChI=1S/C5H9NO2S/c7-4-6-1-2-9-5(8)3-6/h4-5,8H,1-3H2. The van der Waals surface area contributed by atoms with Crippen molar-refractivity contribution in [1.82, 2.24) is 4.90 Å². The Morgan fingerprint density at radius 3 is 3.00 bits per heavy atom. The fourth-order valence-corrected chi connectivity index (χ4v) is 1.66. The van der Waals surface area contributed by atoms with Gasteiger partial charge < -0.3 is 10.0 Å². The number of aliphatic hydroxyl groups is 1. The van der Waals surface area contributed by atoms with Crippen LogP contribution in [0.5, 0.6) is 0 Å². The third-order valence-electron chi connectivity index (χ3n) is 1.23. The Kier molecular flexibility index (Phi) is 2.36. The average Bonchev–Trinajstić information content (AvgIpc) is 1.88. The van der Waals surface area contributed by atoms with Crippen LogP contribution in [-0.2, 0) is 4.79 Å². The predicted octanol–water partition coefficient (Wildman–Crippen LogP) is -0.490. The number of amides is 1. The molecular weight excluding hydrogens is 138 g/mol. The summed E-state index contributed by atoms with van der Waals surface area (Å²) in [5.74, 6) is 0.847. The Labute approximate surface area is 58.0 Å². The molecule has 4 heteroatoms. The normalized spacial score (nSPS) is 28.1. The van der Waals surface area contributed by atoms with Crippen molar-refractivity contribution < 1.29 is 9.90 Å². The maximum atomic E-state index is 10.1. The summed E-state index contributed by atoms with van der Waals surface area (Å²) in [7, 11) is 0. The first-order valence-corrected chi connectivity index (χ1v) is 3.87. The van der Waals surface area contributed by atoms with E-state index >= 15 is 0 Å². The third kappa shape index (κ3) is 1.87. The highest BCUT2D eigenvalue weighted by Crippen LogP contribution is 2.13. The molecule has 1 rings (SSSR count). The zero-order chi connectivity index (χ0) is 6.69. The van der Waals surface area contributed by atoms with Crippen molar-refractivity contribution in [2.45, 2.75) is 5.44 Å². The molecule has 0 aromatic carbocycles. The second-order valence-corrected chi connectivity index (χ2v) is 3.21. The average molecular weight is 147 g/mol. The number of hydrogen-bond donors (Lipinski definition) is 1. The molecule has 3 nitrogen and oxygen atoms in total. The fourth-order valence-electron chi connectivity index (χ4n) is 0.746. The number of rotatable bonds is 1. The SMILES string of the molecule is O=CN1CCSC(O)C1. The summed E-state index contributed by atoms with van der Waals surface area (Å²) in [6, 6.07) is 0. The molecule has 1 fully saturated rings. The van der Waals surface area contributed by atoms with Crippen LogP contribution in [-0.4, -0.2) is 40.7 Å². The minimum atomic E-state index is -0.371. The number of β-amino-alcohol motifs (C(OH)–C–C–N with tert-alkyl or cyclic N) is 1. The van der Waals surface area contributed by atoms with Crippen molar-refractivity contribution in [2.24, 2.45) is 0 Å². The van der Waals surface area contributed by atoms with Crippen LogP contribution in [0.1, 0.15) is 0 Å². The van der Waals surface area contributed by atoms with Crippen molar-refractivity contribution in [3.8, 4) is 0 Å². The molecule has 0 spiro atoms. The highest BCUT2D eigenvalue weighted by molar-refractivity contribution is 7.99. The minimum absolute atomic E-state index is 0.371. The van der Waals surface area contributed by atoms with Gasteiger partial charge in [0.2, 0.25) is 6.41 Å². The van der Waals surface area contributed by atoms with Gasteiger partial charge in [0.25, 0.3) is 0 Å². The largest absolute Gasteiger partial charge is 0.381 e. The van der Waals surface area contributed by atoms with E-state index in [9.17, 15) is 4.79 Å². The molecule has 1 N–H and O–H groups in total. The molecule has 9 heavy (non-hydrogen) atoms. The summed E-state index contributed by atoms with van der Waals surface area (Å²) >= 11 is 1.49. The molecule has 0 aromatic heterocycles. The number of nitrogens with zero attached hydrogens (tertiary/aromatic N) is 1. The highest BCUT2D eigenvalue weighted by atomic mass is 32.2. The summed E-state index contributed by atoms with van der Waals surface area (Å²) in [5.41, 5.74) is -0.371. The number of aliphatic hydroxyl groups excluding tert-OH is 1. The second kappa shape index (κ2) is 3.08. The van der Waals surface area contributed by atoms with Gasteiger partial charge in [0.05, 0.1) is 6.54 Å². The van der Waals surface area contributed by atoms with E-state index in [0.29, 0.717) is 6.54 Å². The van der Waals surface area contributed by atoms with Crippen molar-refractivity contribution >= 4 is 18.2 Å². The zero-order valence-corrected chi connectivity index (χ0v) is 5.80. The van der Waals surface area contributed by atoms with Crippen LogP contribution in [0.3, 0.4) is 0 Å². The van der Waals surface area contributed by atoms with Gasteiger partial charge in [0, 0.05) is 12.3 Å². The first kappa shape index (κ1) is 6.89. The lowest BCUT2D eigenvalue weighted by atomic mass is 10.5.